The van der Waals surface area contributed by atoms with Crippen molar-refractivity contribution in [2.24, 2.45) is 0 Å². The van der Waals surface area contributed by atoms with Crippen molar-refractivity contribution >= 4 is 6.09 Å². The molecular weight excluding hydrogens is 218 g/mol. The number of amides is 1. The van der Waals surface area contributed by atoms with Gasteiger partial charge in [-0.15, -0.1) is 0 Å². The Morgan fingerprint density at radius 2 is 1.88 bits per heavy atom. The number of hydrogen-bond acceptors (Lipinski definition) is 3. The first-order valence-electron chi connectivity index (χ1n) is 6.52. The third-order valence-electron chi connectivity index (χ3n) is 3.58. The van der Waals surface area contributed by atoms with E-state index in [-0.39, 0.29) is 17.7 Å². The van der Waals surface area contributed by atoms with E-state index < -0.39 is 5.60 Å². The van der Waals surface area contributed by atoms with Crippen molar-refractivity contribution in [3.8, 4) is 0 Å². The topological polar surface area (TPSA) is 47.6 Å². The normalized spacial score (nSPS) is 33.0. The fourth-order valence-electron chi connectivity index (χ4n) is 2.55. The first kappa shape index (κ1) is 12.7. The van der Waals surface area contributed by atoms with Gasteiger partial charge in [0.2, 0.25) is 0 Å². The molecule has 1 saturated carbocycles. The molecule has 0 atom stereocenters. The predicted molar refractivity (Wildman–Crippen MR) is 64.9 cm³/mol. The van der Waals surface area contributed by atoms with E-state index in [1.807, 2.05) is 20.8 Å². The van der Waals surface area contributed by atoms with E-state index in [9.17, 15) is 4.79 Å². The van der Waals surface area contributed by atoms with Gasteiger partial charge in [0, 0.05) is 6.04 Å². The SMILES string of the molecule is CC(C)(C)OC(=O)N[C@H]1CC[C@@]2(CCO2)CC1. The van der Waals surface area contributed by atoms with Crippen molar-refractivity contribution in [3.05, 3.63) is 0 Å². The molecule has 2 fully saturated rings. The minimum atomic E-state index is -0.420. The number of carbonyl (C=O) groups is 1. The molecule has 4 heteroatoms. The third-order valence-corrected chi connectivity index (χ3v) is 3.58. The molecule has 17 heavy (non-hydrogen) atoms. The molecule has 98 valence electrons. The second kappa shape index (κ2) is 4.48. The van der Waals surface area contributed by atoms with Crippen LogP contribution >= 0.6 is 0 Å². The quantitative estimate of drug-likeness (QED) is 0.767. The largest absolute Gasteiger partial charge is 0.444 e. The number of rotatable bonds is 1. The molecule has 1 aliphatic carbocycles. The maximum Gasteiger partial charge on any atom is 0.407 e. The van der Waals surface area contributed by atoms with Gasteiger partial charge in [-0.1, -0.05) is 0 Å². The summed E-state index contributed by atoms with van der Waals surface area (Å²) in [5, 5.41) is 2.94. The first-order chi connectivity index (χ1) is 7.89. The van der Waals surface area contributed by atoms with Crippen LogP contribution in [0.2, 0.25) is 0 Å². The second-order valence-corrected chi connectivity index (χ2v) is 6.20. The highest BCUT2D eigenvalue weighted by molar-refractivity contribution is 5.68. The van der Waals surface area contributed by atoms with E-state index in [1.165, 1.54) is 6.42 Å². The van der Waals surface area contributed by atoms with E-state index in [0.29, 0.717) is 0 Å². The highest BCUT2D eigenvalue weighted by atomic mass is 16.6. The van der Waals surface area contributed by atoms with Crippen LogP contribution in [-0.4, -0.2) is 29.9 Å². The Balaban J connectivity index is 1.72. The van der Waals surface area contributed by atoms with Crippen LogP contribution in [0.4, 0.5) is 4.79 Å². The Morgan fingerprint density at radius 3 is 2.29 bits per heavy atom. The molecule has 4 nitrogen and oxygen atoms in total. The monoisotopic (exact) mass is 241 g/mol. The van der Waals surface area contributed by atoms with Crippen LogP contribution in [0.5, 0.6) is 0 Å². The van der Waals surface area contributed by atoms with Crippen molar-refractivity contribution in [2.45, 2.75) is 70.1 Å². The van der Waals surface area contributed by atoms with E-state index in [2.05, 4.69) is 5.32 Å². The molecule has 0 aromatic carbocycles. The Hall–Kier alpha value is -0.770. The Labute approximate surface area is 103 Å². The molecule has 1 spiro atoms. The molecule has 0 unspecified atom stereocenters. The van der Waals surface area contributed by atoms with Gasteiger partial charge >= 0.3 is 6.09 Å². The van der Waals surface area contributed by atoms with Crippen LogP contribution in [0.1, 0.15) is 52.9 Å². The molecule has 1 N–H and O–H groups in total. The summed E-state index contributed by atoms with van der Waals surface area (Å²) in [5.74, 6) is 0. The van der Waals surface area contributed by atoms with Crippen molar-refractivity contribution in [2.75, 3.05) is 6.61 Å². The molecule has 0 aromatic heterocycles. The van der Waals surface area contributed by atoms with E-state index in [0.717, 1.165) is 32.3 Å². The minimum absolute atomic E-state index is 0.159. The van der Waals surface area contributed by atoms with Crippen LogP contribution in [-0.2, 0) is 9.47 Å². The Bertz CT molecular complexity index is 282. The van der Waals surface area contributed by atoms with Gasteiger partial charge in [-0.2, -0.15) is 0 Å². The van der Waals surface area contributed by atoms with Crippen molar-refractivity contribution in [3.63, 3.8) is 0 Å². The van der Waals surface area contributed by atoms with Crippen molar-refractivity contribution < 1.29 is 14.3 Å². The number of alkyl carbamates (subject to hydrolysis) is 1. The molecular formula is C13H23NO3. The lowest BCUT2D eigenvalue weighted by Gasteiger charge is -2.46. The summed E-state index contributed by atoms with van der Waals surface area (Å²) in [6.45, 7) is 6.55. The average molecular weight is 241 g/mol. The van der Waals surface area contributed by atoms with Gasteiger partial charge in [-0.05, 0) is 52.9 Å². The van der Waals surface area contributed by atoms with Crippen LogP contribution < -0.4 is 5.32 Å². The van der Waals surface area contributed by atoms with Crippen molar-refractivity contribution in [1.82, 2.24) is 5.32 Å². The van der Waals surface area contributed by atoms with E-state index in [1.54, 1.807) is 0 Å². The maximum atomic E-state index is 11.6. The molecule has 0 aromatic rings. The lowest BCUT2D eigenvalue weighted by atomic mass is 9.77. The number of nitrogens with one attached hydrogen (secondary N) is 1. The molecule has 1 aliphatic heterocycles. The fourth-order valence-corrected chi connectivity index (χ4v) is 2.55. The minimum Gasteiger partial charge on any atom is -0.444 e. The summed E-state index contributed by atoms with van der Waals surface area (Å²) >= 11 is 0. The average Bonchev–Trinajstić information content (AvgIpc) is 2.13. The number of hydrogen-bond donors (Lipinski definition) is 1. The zero-order valence-corrected chi connectivity index (χ0v) is 11.0. The summed E-state index contributed by atoms with van der Waals surface area (Å²) in [6, 6.07) is 0.250. The predicted octanol–water partition coefficient (Wildman–Crippen LogP) is 2.61. The summed E-state index contributed by atoms with van der Waals surface area (Å²) in [4.78, 5) is 11.6. The van der Waals surface area contributed by atoms with Crippen LogP contribution in [0.3, 0.4) is 0 Å². The Morgan fingerprint density at radius 1 is 1.29 bits per heavy atom. The van der Waals surface area contributed by atoms with Gasteiger partial charge in [0.15, 0.2) is 0 Å². The van der Waals surface area contributed by atoms with Gasteiger partial charge in [0.1, 0.15) is 5.60 Å². The Kier molecular flexibility index (Phi) is 3.34. The van der Waals surface area contributed by atoms with Gasteiger partial charge in [-0.3, -0.25) is 0 Å². The number of ether oxygens (including phenoxy) is 2. The molecule has 1 saturated heterocycles. The molecule has 0 radical (unpaired) electrons. The van der Waals surface area contributed by atoms with E-state index in [4.69, 9.17) is 9.47 Å². The van der Waals surface area contributed by atoms with E-state index >= 15 is 0 Å². The summed E-state index contributed by atoms with van der Waals surface area (Å²) < 4.78 is 10.9. The standard InChI is InChI=1S/C13H23NO3/c1-12(2,3)17-11(15)14-10-4-6-13(7-5-10)8-9-16-13/h10H,4-9H2,1-3H3,(H,14,15)/t10-,13-. The van der Waals surface area contributed by atoms with Gasteiger partial charge in [-0.25, -0.2) is 4.79 Å². The molecule has 2 aliphatic rings. The summed E-state index contributed by atoms with van der Waals surface area (Å²) in [7, 11) is 0. The highest BCUT2D eigenvalue weighted by Crippen LogP contribution is 2.40. The second-order valence-electron chi connectivity index (χ2n) is 6.20. The lowest BCUT2D eigenvalue weighted by molar-refractivity contribution is -0.167. The van der Waals surface area contributed by atoms with Gasteiger partial charge in [0.05, 0.1) is 12.2 Å². The number of carbonyl (C=O) groups excluding carboxylic acids is 1. The molecule has 1 amide bonds. The first-order valence-corrected chi connectivity index (χ1v) is 6.52. The van der Waals surface area contributed by atoms with Crippen molar-refractivity contribution in [1.29, 1.82) is 0 Å². The molecule has 1 heterocycles. The smallest absolute Gasteiger partial charge is 0.407 e. The zero-order chi connectivity index (χ0) is 12.5. The summed E-state index contributed by atoms with van der Waals surface area (Å²) in [5.41, 5.74) is -0.261. The highest BCUT2D eigenvalue weighted by Gasteiger charge is 2.41. The van der Waals surface area contributed by atoms with Gasteiger partial charge in [0.25, 0.3) is 0 Å². The molecule has 2 rings (SSSR count). The maximum absolute atomic E-state index is 11.6. The zero-order valence-electron chi connectivity index (χ0n) is 11.0. The van der Waals surface area contributed by atoms with Crippen LogP contribution in [0, 0.1) is 0 Å². The van der Waals surface area contributed by atoms with Gasteiger partial charge < -0.3 is 14.8 Å². The fraction of sp³-hybridized carbons (Fsp3) is 0.923. The molecule has 0 bridgehead atoms. The van der Waals surface area contributed by atoms with Crippen LogP contribution in [0.25, 0.3) is 0 Å². The third kappa shape index (κ3) is 3.35. The van der Waals surface area contributed by atoms with Crippen LogP contribution in [0.15, 0.2) is 0 Å². The lowest BCUT2D eigenvalue weighted by Crippen LogP contribution is -2.50. The summed E-state index contributed by atoms with van der Waals surface area (Å²) in [6.07, 6.45) is 5.01.